The van der Waals surface area contributed by atoms with E-state index in [0.29, 0.717) is 19.6 Å². The molecule has 162 valence electrons. The first-order valence-corrected chi connectivity index (χ1v) is 12.1. The number of sulfonamides is 1. The molecule has 2 aliphatic heterocycles. The maximum atomic E-state index is 12.9. The summed E-state index contributed by atoms with van der Waals surface area (Å²) in [7, 11) is -3.62. The van der Waals surface area contributed by atoms with Gasteiger partial charge in [-0.15, -0.1) is 0 Å². The highest BCUT2D eigenvalue weighted by molar-refractivity contribution is 7.89. The molecule has 2 aliphatic rings. The Morgan fingerprint density at radius 3 is 2.47 bits per heavy atom. The minimum absolute atomic E-state index is 0.0678. The molecule has 9 heteroatoms. The summed E-state index contributed by atoms with van der Waals surface area (Å²) in [5, 5.41) is 3.15. The SMILES string of the molecule is O=C(NCC(c1ccco1)N1CCCC1)c1cc(S(=O)(=O)N2CCCC2)ccc1Cl. The summed E-state index contributed by atoms with van der Waals surface area (Å²) < 4.78 is 32.7. The van der Waals surface area contributed by atoms with Crippen LogP contribution in [0.4, 0.5) is 0 Å². The number of halogens is 1. The summed E-state index contributed by atoms with van der Waals surface area (Å²) in [5.41, 5.74) is 0.163. The Morgan fingerprint density at radius 2 is 1.80 bits per heavy atom. The first-order valence-electron chi connectivity index (χ1n) is 10.3. The number of hydrogen-bond acceptors (Lipinski definition) is 5. The Balaban J connectivity index is 1.51. The van der Waals surface area contributed by atoms with Gasteiger partial charge in [0.15, 0.2) is 0 Å². The van der Waals surface area contributed by atoms with E-state index < -0.39 is 15.9 Å². The molecule has 4 rings (SSSR count). The van der Waals surface area contributed by atoms with E-state index in [4.69, 9.17) is 16.0 Å². The molecule has 0 bridgehead atoms. The van der Waals surface area contributed by atoms with Gasteiger partial charge in [0.05, 0.1) is 27.8 Å². The lowest BCUT2D eigenvalue weighted by atomic mass is 10.1. The fourth-order valence-corrected chi connectivity index (χ4v) is 5.89. The first-order chi connectivity index (χ1) is 14.5. The zero-order valence-corrected chi connectivity index (χ0v) is 18.3. The molecule has 0 spiro atoms. The third-order valence-electron chi connectivity index (χ3n) is 5.79. The van der Waals surface area contributed by atoms with Gasteiger partial charge in [0.2, 0.25) is 10.0 Å². The molecular weight excluding hydrogens is 426 g/mol. The summed E-state index contributed by atoms with van der Waals surface area (Å²) in [5.74, 6) is 0.405. The summed E-state index contributed by atoms with van der Waals surface area (Å²) >= 11 is 6.24. The fraction of sp³-hybridized carbons (Fsp3) is 0.476. The Bertz CT molecular complexity index is 982. The highest BCUT2D eigenvalue weighted by atomic mass is 35.5. The van der Waals surface area contributed by atoms with Gasteiger partial charge in [-0.2, -0.15) is 4.31 Å². The molecule has 3 heterocycles. The highest BCUT2D eigenvalue weighted by Crippen LogP contribution is 2.27. The topological polar surface area (TPSA) is 82.9 Å². The molecule has 1 amide bonds. The van der Waals surface area contributed by atoms with E-state index in [9.17, 15) is 13.2 Å². The van der Waals surface area contributed by atoms with Crippen LogP contribution in [-0.2, 0) is 10.0 Å². The lowest BCUT2D eigenvalue weighted by molar-refractivity contribution is 0.0933. The third kappa shape index (κ3) is 4.42. The Hall–Kier alpha value is -1.87. The van der Waals surface area contributed by atoms with Gasteiger partial charge in [-0.25, -0.2) is 8.42 Å². The first kappa shape index (κ1) is 21.4. The minimum atomic E-state index is -3.62. The van der Waals surface area contributed by atoms with Crippen LogP contribution in [0.2, 0.25) is 5.02 Å². The van der Waals surface area contributed by atoms with Crippen LogP contribution in [0.15, 0.2) is 45.9 Å². The van der Waals surface area contributed by atoms with E-state index in [0.717, 1.165) is 44.5 Å². The lowest BCUT2D eigenvalue weighted by Gasteiger charge is -2.26. The second kappa shape index (κ2) is 9.09. The number of carbonyl (C=O) groups is 1. The molecule has 1 aromatic carbocycles. The number of amides is 1. The zero-order chi connectivity index (χ0) is 21.1. The van der Waals surface area contributed by atoms with Crippen molar-refractivity contribution in [3.63, 3.8) is 0 Å². The molecule has 0 radical (unpaired) electrons. The van der Waals surface area contributed by atoms with Crippen LogP contribution in [-0.4, -0.2) is 56.3 Å². The van der Waals surface area contributed by atoms with Crippen molar-refractivity contribution in [1.29, 1.82) is 0 Å². The molecule has 1 atom stereocenters. The average molecular weight is 452 g/mol. The number of benzene rings is 1. The standard InChI is InChI=1S/C21H26ClN3O4S/c22-18-8-7-16(30(27,28)25-11-3-4-12-25)14-17(18)21(26)23-15-19(20-6-5-13-29-20)24-9-1-2-10-24/h5-8,13-14,19H,1-4,9-12,15H2,(H,23,26). The van der Waals surface area contributed by atoms with Gasteiger partial charge in [0.25, 0.3) is 5.91 Å². The second-order valence-electron chi connectivity index (χ2n) is 7.74. The molecule has 30 heavy (non-hydrogen) atoms. The van der Waals surface area contributed by atoms with Crippen LogP contribution in [0.3, 0.4) is 0 Å². The van der Waals surface area contributed by atoms with Crippen LogP contribution in [0.25, 0.3) is 0 Å². The van der Waals surface area contributed by atoms with E-state index in [1.807, 2.05) is 12.1 Å². The van der Waals surface area contributed by atoms with E-state index in [1.165, 1.54) is 22.5 Å². The van der Waals surface area contributed by atoms with Crippen LogP contribution in [0, 0.1) is 0 Å². The highest BCUT2D eigenvalue weighted by Gasteiger charge is 2.29. The van der Waals surface area contributed by atoms with Crippen molar-refractivity contribution in [2.24, 2.45) is 0 Å². The van der Waals surface area contributed by atoms with Crippen LogP contribution < -0.4 is 5.32 Å². The smallest absolute Gasteiger partial charge is 0.252 e. The van der Waals surface area contributed by atoms with Crippen molar-refractivity contribution in [1.82, 2.24) is 14.5 Å². The van der Waals surface area contributed by atoms with Gasteiger partial charge >= 0.3 is 0 Å². The monoisotopic (exact) mass is 451 g/mol. The summed E-state index contributed by atoms with van der Waals surface area (Å²) in [6.07, 6.45) is 5.57. The van der Waals surface area contributed by atoms with Crippen molar-refractivity contribution >= 4 is 27.5 Å². The number of hydrogen-bond donors (Lipinski definition) is 1. The zero-order valence-electron chi connectivity index (χ0n) is 16.7. The Labute approximate surface area is 182 Å². The van der Waals surface area contributed by atoms with Crippen LogP contribution >= 0.6 is 11.6 Å². The predicted octanol–water partition coefficient (Wildman–Crippen LogP) is 3.28. The fourth-order valence-electron chi connectivity index (χ4n) is 4.14. The molecule has 0 aliphatic carbocycles. The molecule has 7 nitrogen and oxygen atoms in total. The number of furan rings is 1. The normalized spacial score (nSPS) is 19.2. The van der Waals surface area contributed by atoms with Crippen molar-refractivity contribution in [2.75, 3.05) is 32.7 Å². The van der Waals surface area contributed by atoms with Crippen LogP contribution in [0.5, 0.6) is 0 Å². The van der Waals surface area contributed by atoms with Gasteiger partial charge < -0.3 is 9.73 Å². The molecule has 2 aromatic rings. The van der Waals surface area contributed by atoms with Crippen molar-refractivity contribution in [3.05, 3.63) is 52.9 Å². The summed E-state index contributed by atoms with van der Waals surface area (Å²) in [6.45, 7) is 3.27. The predicted molar refractivity (Wildman–Crippen MR) is 114 cm³/mol. The Kier molecular flexibility index (Phi) is 6.48. The summed E-state index contributed by atoms with van der Waals surface area (Å²) in [4.78, 5) is 15.3. The quantitative estimate of drug-likeness (QED) is 0.698. The van der Waals surface area contributed by atoms with Gasteiger partial charge in [-0.05, 0) is 69.1 Å². The van der Waals surface area contributed by atoms with Gasteiger partial charge in [0, 0.05) is 19.6 Å². The lowest BCUT2D eigenvalue weighted by Crippen LogP contribution is -2.36. The van der Waals surface area contributed by atoms with E-state index in [-0.39, 0.29) is 21.5 Å². The second-order valence-corrected chi connectivity index (χ2v) is 10.1. The largest absolute Gasteiger partial charge is 0.468 e. The van der Waals surface area contributed by atoms with Crippen molar-refractivity contribution < 1.29 is 17.6 Å². The minimum Gasteiger partial charge on any atom is -0.468 e. The Morgan fingerprint density at radius 1 is 1.10 bits per heavy atom. The third-order valence-corrected chi connectivity index (χ3v) is 8.02. The number of rotatable bonds is 7. The van der Waals surface area contributed by atoms with E-state index >= 15 is 0 Å². The molecule has 1 N–H and O–H groups in total. The molecular formula is C21H26ClN3O4S. The molecule has 1 unspecified atom stereocenters. The maximum Gasteiger partial charge on any atom is 0.252 e. The van der Waals surface area contributed by atoms with Crippen molar-refractivity contribution in [2.45, 2.75) is 36.6 Å². The van der Waals surface area contributed by atoms with Crippen molar-refractivity contribution in [3.8, 4) is 0 Å². The maximum absolute atomic E-state index is 12.9. The number of nitrogens with one attached hydrogen (secondary N) is 1. The summed E-state index contributed by atoms with van der Waals surface area (Å²) in [6, 6.07) is 7.99. The van der Waals surface area contributed by atoms with Gasteiger partial charge in [0.1, 0.15) is 5.76 Å². The number of carbonyl (C=O) groups excluding carboxylic acids is 1. The van der Waals surface area contributed by atoms with Crippen LogP contribution in [0.1, 0.15) is 47.8 Å². The molecule has 2 saturated heterocycles. The number of likely N-dealkylation sites (tertiary alicyclic amines) is 1. The molecule has 2 fully saturated rings. The average Bonchev–Trinajstić information content (AvgIpc) is 3.51. The molecule has 0 saturated carbocycles. The van der Waals surface area contributed by atoms with E-state index in [1.54, 1.807) is 6.26 Å². The van der Waals surface area contributed by atoms with E-state index in [2.05, 4.69) is 10.2 Å². The number of nitrogens with zero attached hydrogens (tertiary/aromatic N) is 2. The van der Waals surface area contributed by atoms with Gasteiger partial charge in [-0.3, -0.25) is 9.69 Å². The van der Waals surface area contributed by atoms with Gasteiger partial charge in [-0.1, -0.05) is 11.6 Å². The molecule has 1 aromatic heterocycles.